The molecule has 2 fully saturated rings. The molecule has 0 unspecified atom stereocenters. The normalized spacial score (nSPS) is 28.6. The highest BCUT2D eigenvalue weighted by Crippen LogP contribution is 2.36. The van der Waals surface area contributed by atoms with Crippen molar-refractivity contribution in [3.8, 4) is 23.3 Å². The third kappa shape index (κ3) is 6.93. The Labute approximate surface area is 220 Å². The van der Waals surface area contributed by atoms with Gasteiger partial charge in [-0.15, -0.1) is 0 Å². The quantitative estimate of drug-likeness (QED) is 0.297. The summed E-state index contributed by atoms with van der Waals surface area (Å²) >= 11 is 0. The summed E-state index contributed by atoms with van der Waals surface area (Å²) in [6.07, 6.45) is 7.28. The Kier molecular flexibility index (Phi) is 9.64. The fraction of sp³-hybridized carbons (Fsp3) is 0.667. The molecule has 0 amide bonds. The molecule has 1 aliphatic heterocycles. The van der Waals surface area contributed by atoms with E-state index in [0.29, 0.717) is 55.1 Å². The zero-order valence-corrected chi connectivity index (χ0v) is 21.9. The summed E-state index contributed by atoms with van der Waals surface area (Å²) in [7, 11) is 1.48. The number of Topliss-reactive ketones (excluding diaryl/α,β-unsaturated/α-hetero) is 2. The molecule has 1 saturated heterocycles. The number of hydrogen-bond acceptors (Lipinski definition) is 7. The Morgan fingerprint density at radius 2 is 1.97 bits per heavy atom. The lowest BCUT2D eigenvalue weighted by molar-refractivity contribution is -0.124. The van der Waals surface area contributed by atoms with Gasteiger partial charge in [-0.25, -0.2) is 0 Å². The van der Waals surface area contributed by atoms with Gasteiger partial charge in [0.25, 0.3) is 0 Å². The number of ketones is 2. The first-order valence-corrected chi connectivity index (χ1v) is 13.9. The van der Waals surface area contributed by atoms with Gasteiger partial charge in [-0.3, -0.25) is 9.59 Å². The number of fused-ring (bicyclic) bond motifs is 2. The van der Waals surface area contributed by atoms with Crippen molar-refractivity contribution in [3.05, 3.63) is 23.3 Å². The number of phenolic OH excluding ortho intramolecular Hbond substituents is 1. The molecule has 0 radical (unpaired) electrons. The first kappa shape index (κ1) is 27.6. The van der Waals surface area contributed by atoms with E-state index in [0.717, 1.165) is 49.8 Å². The van der Waals surface area contributed by atoms with Crippen LogP contribution in [0.2, 0.25) is 0 Å². The van der Waals surface area contributed by atoms with Crippen LogP contribution < -0.4 is 10.1 Å². The van der Waals surface area contributed by atoms with Crippen LogP contribution >= 0.6 is 0 Å². The van der Waals surface area contributed by atoms with Gasteiger partial charge in [0, 0.05) is 37.8 Å². The van der Waals surface area contributed by atoms with E-state index >= 15 is 0 Å². The van der Waals surface area contributed by atoms with Crippen molar-refractivity contribution in [1.82, 2.24) is 5.32 Å². The second-order valence-corrected chi connectivity index (χ2v) is 11.0. The highest BCUT2D eigenvalue weighted by Gasteiger charge is 2.34. The molecule has 2 aliphatic carbocycles. The fourth-order valence-corrected chi connectivity index (χ4v) is 6.35. The van der Waals surface area contributed by atoms with Crippen LogP contribution in [0.25, 0.3) is 0 Å². The van der Waals surface area contributed by atoms with Crippen molar-refractivity contribution >= 4 is 11.6 Å². The maximum absolute atomic E-state index is 13.1. The highest BCUT2D eigenvalue weighted by atomic mass is 16.5. The molecule has 7 heteroatoms. The highest BCUT2D eigenvalue weighted by molar-refractivity contribution is 5.85. The number of aliphatic hydroxyl groups excluding tert-OH is 2. The average Bonchev–Trinajstić information content (AvgIpc) is 2.95. The van der Waals surface area contributed by atoms with E-state index in [4.69, 9.17) is 4.74 Å². The summed E-state index contributed by atoms with van der Waals surface area (Å²) in [4.78, 5) is 24.8. The lowest BCUT2D eigenvalue weighted by Crippen LogP contribution is -2.48. The number of methoxy groups -OCH3 is 1. The van der Waals surface area contributed by atoms with Crippen LogP contribution in [0, 0.1) is 29.6 Å². The van der Waals surface area contributed by atoms with Crippen LogP contribution in [0.15, 0.2) is 12.1 Å². The number of unbranched alkanes of at least 4 members (excludes halogenated alkanes) is 1. The first-order valence-electron chi connectivity index (χ1n) is 13.9. The van der Waals surface area contributed by atoms with Gasteiger partial charge >= 0.3 is 0 Å². The van der Waals surface area contributed by atoms with Crippen LogP contribution in [0.1, 0.15) is 81.3 Å². The molecule has 6 atom stereocenters. The molecule has 1 aromatic rings. The molecule has 37 heavy (non-hydrogen) atoms. The van der Waals surface area contributed by atoms with Gasteiger partial charge in [-0.2, -0.15) is 0 Å². The Balaban J connectivity index is 1.33. The SMILES string of the molecule is COc1cc2c(cc1O)[C@H](CCO)C#C[C@H]([C@H](O)CCCC[C@@H]1CN[C@@H]3CC(=O)CC[C@@H]3C1)C(=O)CC2. The minimum atomic E-state index is -0.822. The zero-order chi connectivity index (χ0) is 26.4. The van der Waals surface area contributed by atoms with Gasteiger partial charge in [-0.05, 0) is 80.2 Å². The Morgan fingerprint density at radius 1 is 1.14 bits per heavy atom. The van der Waals surface area contributed by atoms with E-state index in [9.17, 15) is 24.9 Å². The third-order valence-electron chi connectivity index (χ3n) is 8.50. The second-order valence-electron chi connectivity index (χ2n) is 11.0. The molecule has 1 heterocycles. The first-order chi connectivity index (χ1) is 17.9. The standard InChI is InChI=1S/C30H41NO6/c1-37-30-15-21-8-11-28(35)24(10-7-20(12-13-32)25(21)17-29(30)36)27(34)5-3-2-4-19-14-22-6-9-23(33)16-26(22)31-18-19/h15,17,19-20,22,24,26-27,31-32,34,36H,2-6,8-9,11-14,16,18H2,1H3/t19-,20-,22+,24+,26+,27+/m0/s1. The number of nitrogens with one attached hydrogen (secondary N) is 1. The minimum Gasteiger partial charge on any atom is -0.504 e. The van der Waals surface area contributed by atoms with E-state index in [1.807, 2.05) is 0 Å². The van der Waals surface area contributed by atoms with Crippen molar-refractivity contribution < 1.29 is 29.6 Å². The van der Waals surface area contributed by atoms with E-state index in [-0.39, 0.29) is 30.5 Å². The number of aliphatic hydroxyl groups is 2. The Morgan fingerprint density at radius 3 is 2.76 bits per heavy atom. The number of piperidine rings is 1. The topological polar surface area (TPSA) is 116 Å². The second kappa shape index (κ2) is 12.9. The predicted molar refractivity (Wildman–Crippen MR) is 140 cm³/mol. The summed E-state index contributed by atoms with van der Waals surface area (Å²) in [5.74, 6) is 6.97. The largest absolute Gasteiger partial charge is 0.504 e. The summed E-state index contributed by atoms with van der Waals surface area (Å²) in [5.41, 5.74) is 1.67. The van der Waals surface area contributed by atoms with Gasteiger partial charge in [0.2, 0.25) is 0 Å². The molecule has 4 rings (SSSR count). The minimum absolute atomic E-state index is 0.00816. The van der Waals surface area contributed by atoms with Gasteiger partial charge in [0.15, 0.2) is 17.3 Å². The zero-order valence-electron chi connectivity index (χ0n) is 21.9. The predicted octanol–water partition coefficient (Wildman–Crippen LogP) is 3.27. The summed E-state index contributed by atoms with van der Waals surface area (Å²) in [6, 6.07) is 3.73. The summed E-state index contributed by atoms with van der Waals surface area (Å²) in [6.45, 7) is 0.886. The number of benzene rings is 1. The van der Waals surface area contributed by atoms with Crippen LogP contribution in [-0.4, -0.2) is 59.3 Å². The van der Waals surface area contributed by atoms with Gasteiger partial charge in [0.1, 0.15) is 11.7 Å². The number of aryl methyl sites for hydroxylation is 1. The molecular weight excluding hydrogens is 470 g/mol. The molecule has 4 N–H and O–H groups in total. The number of ether oxygens (including phenoxy) is 1. The lowest BCUT2D eigenvalue weighted by Gasteiger charge is -2.39. The van der Waals surface area contributed by atoms with Crippen LogP contribution in [0.3, 0.4) is 0 Å². The number of carbonyl (C=O) groups is 2. The Bertz CT molecular complexity index is 1030. The van der Waals surface area contributed by atoms with E-state index in [2.05, 4.69) is 17.2 Å². The third-order valence-corrected chi connectivity index (χ3v) is 8.50. The molecule has 0 spiro atoms. The van der Waals surface area contributed by atoms with Crippen molar-refractivity contribution in [2.24, 2.45) is 17.8 Å². The van der Waals surface area contributed by atoms with Gasteiger partial charge in [0.05, 0.1) is 13.2 Å². The summed E-state index contributed by atoms with van der Waals surface area (Å²) in [5, 5.41) is 34.4. The van der Waals surface area contributed by atoms with Crippen molar-refractivity contribution in [2.45, 2.75) is 88.7 Å². The van der Waals surface area contributed by atoms with Crippen LogP contribution in [-0.2, 0) is 16.0 Å². The number of hydrogen-bond donors (Lipinski definition) is 4. The number of rotatable bonds is 9. The fourth-order valence-electron chi connectivity index (χ4n) is 6.35. The van der Waals surface area contributed by atoms with Gasteiger partial charge in [-0.1, -0.05) is 24.7 Å². The number of phenols is 1. The van der Waals surface area contributed by atoms with E-state index in [1.165, 1.54) is 13.5 Å². The Hall–Kier alpha value is -2.40. The van der Waals surface area contributed by atoms with Crippen LogP contribution in [0.4, 0.5) is 0 Å². The molecule has 0 bridgehead atoms. The molecule has 1 saturated carbocycles. The molecule has 202 valence electrons. The molecule has 0 aromatic heterocycles. The molecule has 3 aliphatic rings. The smallest absolute Gasteiger partial charge is 0.160 e. The van der Waals surface area contributed by atoms with E-state index in [1.54, 1.807) is 12.1 Å². The summed E-state index contributed by atoms with van der Waals surface area (Å²) < 4.78 is 5.25. The average molecular weight is 512 g/mol. The van der Waals surface area contributed by atoms with E-state index < -0.39 is 12.0 Å². The molecule has 7 nitrogen and oxygen atoms in total. The maximum atomic E-state index is 13.1. The molecular formula is C30H41NO6. The van der Waals surface area contributed by atoms with Crippen molar-refractivity contribution in [3.63, 3.8) is 0 Å². The number of aromatic hydroxyl groups is 1. The van der Waals surface area contributed by atoms with Gasteiger partial charge < -0.3 is 25.4 Å². The van der Waals surface area contributed by atoms with Crippen molar-refractivity contribution in [2.75, 3.05) is 20.3 Å². The molecule has 1 aromatic carbocycles. The monoisotopic (exact) mass is 511 g/mol. The maximum Gasteiger partial charge on any atom is 0.160 e. The van der Waals surface area contributed by atoms with Crippen molar-refractivity contribution in [1.29, 1.82) is 0 Å². The number of carbonyl (C=O) groups excluding carboxylic acids is 2. The van der Waals surface area contributed by atoms with Crippen LogP contribution in [0.5, 0.6) is 11.5 Å². The lowest BCUT2D eigenvalue weighted by atomic mass is 9.74.